The standard InChI is InChI=1S/C49H66N6/c1-13-16-18-24-47(10)31-46(8,9)40-39(47)33(4)30-37-42(40)54-32-51-41-35(45(5,6)7)23-22-34-38(41)44(54)55(37)48(11,14-2)49(34,15-3)25-20-28-53-29-26-50-43(53)36-21-17-19-27-52(36)12/h17,19,21-23,26-27,29-30,32H,13-16,18,20,24-25,28,31H2,1-12H3/q+2. The van der Waals surface area contributed by atoms with Crippen molar-refractivity contribution in [3.63, 3.8) is 0 Å². The summed E-state index contributed by atoms with van der Waals surface area (Å²) in [7, 11) is 2.11. The van der Waals surface area contributed by atoms with Crippen LogP contribution in [0.15, 0.2) is 61.3 Å². The summed E-state index contributed by atoms with van der Waals surface area (Å²) in [6.45, 7) is 27.8. The van der Waals surface area contributed by atoms with Crippen molar-refractivity contribution < 1.29 is 8.97 Å². The molecule has 1 aliphatic carbocycles. The molecular formula is C49H66N6+2. The highest BCUT2D eigenvalue weighted by atomic mass is 15.2. The largest absolute Gasteiger partial charge is 0.326 e. The predicted molar refractivity (Wildman–Crippen MR) is 227 cm³/mol. The van der Waals surface area contributed by atoms with E-state index in [2.05, 4.69) is 156 Å². The number of rotatable bonds is 11. The summed E-state index contributed by atoms with van der Waals surface area (Å²) in [5.41, 5.74) is 13.8. The van der Waals surface area contributed by atoms with Gasteiger partial charge in [-0.05, 0) is 97.4 Å². The third kappa shape index (κ3) is 5.32. The van der Waals surface area contributed by atoms with Gasteiger partial charge in [-0.25, -0.2) is 9.55 Å². The highest BCUT2D eigenvalue weighted by Gasteiger charge is 2.57. The van der Waals surface area contributed by atoms with Gasteiger partial charge in [0, 0.05) is 47.6 Å². The maximum Gasteiger partial charge on any atom is 0.248 e. The Hall–Kier alpha value is -4.06. The second-order valence-corrected chi connectivity index (χ2v) is 19.6. The number of aromatic nitrogens is 6. The van der Waals surface area contributed by atoms with E-state index in [4.69, 9.17) is 9.97 Å². The molecule has 2 aliphatic rings. The van der Waals surface area contributed by atoms with Crippen LogP contribution in [0.1, 0.15) is 155 Å². The molecule has 0 amide bonds. The number of hydrogen-bond donors (Lipinski definition) is 0. The summed E-state index contributed by atoms with van der Waals surface area (Å²) in [4.78, 5) is 10.4. The van der Waals surface area contributed by atoms with Gasteiger partial charge in [-0.2, -0.15) is 8.97 Å². The van der Waals surface area contributed by atoms with Crippen LogP contribution >= 0.6 is 0 Å². The lowest BCUT2D eigenvalue weighted by atomic mass is 9.58. The molecule has 0 saturated heterocycles. The Morgan fingerprint density at radius 3 is 2.36 bits per heavy atom. The van der Waals surface area contributed by atoms with Crippen LogP contribution < -0.4 is 8.97 Å². The van der Waals surface area contributed by atoms with E-state index in [1.165, 1.54) is 76.4 Å². The molecule has 8 rings (SSSR count). The van der Waals surface area contributed by atoms with Crippen LogP contribution in [0.2, 0.25) is 0 Å². The van der Waals surface area contributed by atoms with Gasteiger partial charge in [0.15, 0.2) is 11.7 Å². The fraction of sp³-hybridized carbons (Fsp3) is 0.551. The first kappa shape index (κ1) is 37.8. The van der Waals surface area contributed by atoms with E-state index in [0.29, 0.717) is 0 Å². The fourth-order valence-corrected chi connectivity index (χ4v) is 12.2. The lowest BCUT2D eigenvalue weighted by Gasteiger charge is -2.50. The molecule has 5 heterocycles. The van der Waals surface area contributed by atoms with Crippen molar-refractivity contribution in [3.8, 4) is 11.5 Å². The number of benzene rings is 2. The Labute approximate surface area is 330 Å². The number of hydrogen-bond acceptors (Lipinski definition) is 2. The van der Waals surface area contributed by atoms with E-state index in [-0.39, 0.29) is 27.2 Å². The molecule has 0 N–H and O–H groups in total. The average Bonchev–Trinajstić information content (AvgIpc) is 3.79. The van der Waals surface area contributed by atoms with Gasteiger partial charge < -0.3 is 4.57 Å². The molecule has 0 spiro atoms. The normalized spacial score (nSPS) is 23.1. The van der Waals surface area contributed by atoms with Gasteiger partial charge in [-0.3, -0.25) is 0 Å². The van der Waals surface area contributed by atoms with Gasteiger partial charge in [0.2, 0.25) is 23.5 Å². The second kappa shape index (κ2) is 13.0. The van der Waals surface area contributed by atoms with Gasteiger partial charge in [0.25, 0.3) is 0 Å². The minimum Gasteiger partial charge on any atom is -0.326 e. The van der Waals surface area contributed by atoms with Gasteiger partial charge in [-0.1, -0.05) is 93.7 Å². The maximum absolute atomic E-state index is 5.51. The zero-order valence-corrected chi connectivity index (χ0v) is 36.0. The van der Waals surface area contributed by atoms with E-state index in [9.17, 15) is 0 Å². The van der Waals surface area contributed by atoms with E-state index >= 15 is 0 Å². The lowest BCUT2D eigenvalue weighted by molar-refractivity contribution is -0.660. The van der Waals surface area contributed by atoms with Crippen LogP contribution in [0, 0.1) is 6.92 Å². The van der Waals surface area contributed by atoms with E-state index in [0.717, 1.165) is 43.7 Å². The quantitative estimate of drug-likeness (QED) is 0.0981. The number of nitrogens with zero attached hydrogens (tertiary/aromatic N) is 6. The average molecular weight is 739 g/mol. The van der Waals surface area contributed by atoms with E-state index in [1.807, 2.05) is 6.20 Å². The van der Waals surface area contributed by atoms with E-state index in [1.54, 1.807) is 11.1 Å². The molecule has 6 nitrogen and oxygen atoms in total. The molecule has 6 heteroatoms. The maximum atomic E-state index is 5.51. The number of pyridine rings is 1. The van der Waals surface area contributed by atoms with Crippen LogP contribution in [0.3, 0.4) is 0 Å². The molecule has 0 radical (unpaired) electrons. The highest BCUT2D eigenvalue weighted by molar-refractivity contribution is 6.00. The van der Waals surface area contributed by atoms with Gasteiger partial charge >= 0.3 is 0 Å². The van der Waals surface area contributed by atoms with Gasteiger partial charge in [0.1, 0.15) is 18.1 Å². The monoisotopic (exact) mass is 739 g/mol. The molecule has 3 unspecified atom stereocenters. The molecular weight excluding hydrogens is 673 g/mol. The minimum absolute atomic E-state index is 0.0351. The van der Waals surface area contributed by atoms with Crippen molar-refractivity contribution in [1.29, 1.82) is 0 Å². The Bertz CT molecular complexity index is 2460. The molecule has 6 aromatic rings. The SMILES string of the molecule is CCCCCC1(C)CC(C)(C)c2c1c(C)cc1c2[n+]2cnc3c(C(C)(C)C)ccc4c3c2n1C(C)(CC)C4(CC)CCCn1ccnc1-c1cccc[n+]1C. The Morgan fingerprint density at radius 1 is 0.891 bits per heavy atom. The molecule has 1 aliphatic heterocycles. The van der Waals surface area contributed by atoms with Crippen molar-refractivity contribution in [2.24, 2.45) is 7.05 Å². The highest BCUT2D eigenvalue weighted by Crippen LogP contribution is 2.59. The first-order chi connectivity index (χ1) is 26.1. The summed E-state index contributed by atoms with van der Waals surface area (Å²) in [6, 6.07) is 13.9. The van der Waals surface area contributed by atoms with Crippen LogP contribution in [0.5, 0.6) is 0 Å². The number of unbranched alkanes of at least 4 members (excludes halogenated alkanes) is 2. The first-order valence-corrected chi connectivity index (χ1v) is 21.4. The van der Waals surface area contributed by atoms with Crippen LogP contribution in [0.4, 0.5) is 0 Å². The van der Waals surface area contributed by atoms with Crippen molar-refractivity contribution in [1.82, 2.24) is 19.1 Å². The zero-order valence-electron chi connectivity index (χ0n) is 36.0. The lowest BCUT2D eigenvalue weighted by Crippen LogP contribution is -2.53. The van der Waals surface area contributed by atoms with Gasteiger partial charge in [-0.15, -0.1) is 4.98 Å². The summed E-state index contributed by atoms with van der Waals surface area (Å²) in [5.74, 6) is 1.03. The topological polar surface area (TPSA) is 43.6 Å². The number of fused-ring (bicyclic) bond motifs is 5. The van der Waals surface area contributed by atoms with Crippen LogP contribution in [-0.2, 0) is 40.8 Å². The second-order valence-electron chi connectivity index (χ2n) is 19.6. The molecule has 3 atom stereocenters. The third-order valence-electron chi connectivity index (χ3n) is 14.7. The molecule has 0 saturated carbocycles. The third-order valence-corrected chi connectivity index (χ3v) is 14.7. The molecule has 0 fully saturated rings. The summed E-state index contributed by atoms with van der Waals surface area (Å²) in [6.07, 6.45) is 18.9. The molecule has 2 aromatic carbocycles. The summed E-state index contributed by atoms with van der Waals surface area (Å²) in [5, 5.41) is 1.37. The van der Waals surface area contributed by atoms with Crippen molar-refractivity contribution in [2.45, 2.75) is 168 Å². The molecule has 55 heavy (non-hydrogen) atoms. The Kier molecular flexibility index (Phi) is 8.94. The first-order valence-electron chi connectivity index (χ1n) is 21.4. The fourth-order valence-electron chi connectivity index (χ4n) is 12.2. The minimum atomic E-state index is -0.170. The van der Waals surface area contributed by atoms with Crippen molar-refractivity contribution >= 4 is 27.6 Å². The van der Waals surface area contributed by atoms with Crippen molar-refractivity contribution in [3.05, 3.63) is 89.1 Å². The Balaban J connectivity index is 1.38. The van der Waals surface area contributed by atoms with Crippen LogP contribution in [-0.4, -0.2) is 19.1 Å². The van der Waals surface area contributed by atoms with Gasteiger partial charge in [0.05, 0.1) is 10.9 Å². The summed E-state index contributed by atoms with van der Waals surface area (Å²) >= 11 is 0. The van der Waals surface area contributed by atoms with Crippen LogP contribution in [0.25, 0.3) is 39.1 Å². The van der Waals surface area contributed by atoms with Crippen molar-refractivity contribution in [2.75, 3.05) is 0 Å². The summed E-state index contributed by atoms with van der Waals surface area (Å²) < 4.78 is 9.94. The number of imidazole rings is 2. The zero-order chi connectivity index (χ0) is 39.3. The molecule has 0 bridgehead atoms. The molecule has 290 valence electrons. The molecule has 4 aromatic heterocycles. The van der Waals surface area contributed by atoms with E-state index < -0.39 is 0 Å². The number of aryl methyl sites for hydroxylation is 3. The Morgan fingerprint density at radius 2 is 1.67 bits per heavy atom. The predicted octanol–water partition coefficient (Wildman–Crippen LogP) is 11.0. The smallest absolute Gasteiger partial charge is 0.248 e.